The van der Waals surface area contributed by atoms with E-state index in [1.165, 1.54) is 36.7 Å². The lowest BCUT2D eigenvalue weighted by Gasteiger charge is -2.12. The van der Waals surface area contributed by atoms with Crippen molar-refractivity contribution in [2.75, 3.05) is 4.90 Å². The first-order chi connectivity index (χ1) is 9.59. The molecule has 1 aliphatic rings. The maximum atomic E-state index is 12.2. The number of carboxylic acid groups (broad SMARTS) is 1. The summed E-state index contributed by atoms with van der Waals surface area (Å²) in [4.78, 5) is 43.7. The average Bonchev–Trinajstić information content (AvgIpc) is 2.72. The van der Waals surface area contributed by atoms with Crippen molar-refractivity contribution in [1.82, 2.24) is 9.97 Å². The Bertz CT molecular complexity index is 722. The maximum Gasteiger partial charge on any atom is 0.354 e. The first-order valence-corrected chi connectivity index (χ1v) is 5.63. The van der Waals surface area contributed by atoms with E-state index < -0.39 is 17.8 Å². The Balaban J connectivity index is 2.09. The fraction of sp³-hybridized carbons (Fsp3) is 0. The molecule has 0 bridgehead atoms. The standard InChI is InChI=1S/C13H7N3O4/c17-11-7-4-5-14-6-8(7)12(18)16(11)10-3-1-2-9(15-10)13(19)20/h1-6H,(H,19,20). The molecule has 2 aromatic rings. The predicted molar refractivity (Wildman–Crippen MR) is 66.6 cm³/mol. The molecule has 0 fully saturated rings. The highest BCUT2D eigenvalue weighted by atomic mass is 16.4. The number of imide groups is 1. The molecular weight excluding hydrogens is 262 g/mol. The number of hydrogen-bond donors (Lipinski definition) is 1. The van der Waals surface area contributed by atoms with E-state index in [1.54, 1.807) is 0 Å². The first-order valence-electron chi connectivity index (χ1n) is 5.63. The minimum absolute atomic E-state index is 0.0175. The summed E-state index contributed by atoms with van der Waals surface area (Å²) in [5.74, 6) is -2.35. The van der Waals surface area contributed by atoms with Crippen LogP contribution in [-0.4, -0.2) is 32.9 Å². The third kappa shape index (κ3) is 1.64. The Labute approximate surface area is 112 Å². The summed E-state index contributed by atoms with van der Waals surface area (Å²) in [5, 5.41) is 8.90. The summed E-state index contributed by atoms with van der Waals surface area (Å²) < 4.78 is 0. The van der Waals surface area contributed by atoms with Gasteiger partial charge < -0.3 is 5.11 Å². The molecule has 1 aliphatic heterocycles. The van der Waals surface area contributed by atoms with Crippen molar-refractivity contribution in [3.8, 4) is 0 Å². The number of carbonyl (C=O) groups is 3. The van der Waals surface area contributed by atoms with Gasteiger partial charge in [0.1, 0.15) is 5.82 Å². The van der Waals surface area contributed by atoms with E-state index >= 15 is 0 Å². The van der Waals surface area contributed by atoms with Crippen LogP contribution >= 0.6 is 0 Å². The number of aromatic carboxylic acids is 1. The van der Waals surface area contributed by atoms with Crippen LogP contribution in [0.25, 0.3) is 0 Å². The zero-order chi connectivity index (χ0) is 14.3. The molecule has 98 valence electrons. The molecule has 0 radical (unpaired) electrons. The Morgan fingerprint density at radius 2 is 1.85 bits per heavy atom. The minimum atomic E-state index is -1.23. The zero-order valence-corrected chi connectivity index (χ0v) is 9.98. The molecule has 0 spiro atoms. The lowest BCUT2D eigenvalue weighted by molar-refractivity contribution is 0.0689. The Hall–Kier alpha value is -3.09. The second-order valence-electron chi connectivity index (χ2n) is 4.05. The molecule has 2 aromatic heterocycles. The summed E-state index contributed by atoms with van der Waals surface area (Å²) in [7, 11) is 0. The van der Waals surface area contributed by atoms with Crippen molar-refractivity contribution in [2.45, 2.75) is 0 Å². The van der Waals surface area contributed by atoms with Crippen molar-refractivity contribution in [3.63, 3.8) is 0 Å². The quantitative estimate of drug-likeness (QED) is 0.815. The Morgan fingerprint density at radius 3 is 2.55 bits per heavy atom. The second kappa shape index (κ2) is 4.23. The highest BCUT2D eigenvalue weighted by Crippen LogP contribution is 2.26. The molecule has 0 aromatic carbocycles. The lowest BCUT2D eigenvalue weighted by atomic mass is 10.2. The van der Waals surface area contributed by atoms with E-state index in [0.29, 0.717) is 0 Å². The number of rotatable bonds is 2. The molecule has 0 aliphatic carbocycles. The topological polar surface area (TPSA) is 100 Å². The largest absolute Gasteiger partial charge is 0.477 e. The van der Waals surface area contributed by atoms with Gasteiger partial charge in [-0.2, -0.15) is 0 Å². The van der Waals surface area contributed by atoms with Crippen LogP contribution in [0.2, 0.25) is 0 Å². The first kappa shape index (κ1) is 12.0. The number of nitrogens with zero attached hydrogens (tertiary/aromatic N) is 3. The number of carboxylic acids is 1. The van der Waals surface area contributed by atoms with E-state index in [-0.39, 0.29) is 22.6 Å². The number of aromatic nitrogens is 2. The Kier molecular flexibility index (Phi) is 2.53. The highest BCUT2D eigenvalue weighted by molar-refractivity contribution is 6.34. The van der Waals surface area contributed by atoms with Gasteiger partial charge in [-0.1, -0.05) is 6.07 Å². The molecule has 7 nitrogen and oxygen atoms in total. The molecule has 3 heterocycles. The third-order valence-electron chi connectivity index (χ3n) is 2.87. The van der Waals surface area contributed by atoms with Crippen molar-refractivity contribution in [2.24, 2.45) is 0 Å². The number of carbonyl (C=O) groups excluding carboxylic acids is 2. The van der Waals surface area contributed by atoms with Crippen LogP contribution in [-0.2, 0) is 0 Å². The van der Waals surface area contributed by atoms with Crippen LogP contribution in [0, 0.1) is 0 Å². The van der Waals surface area contributed by atoms with Gasteiger partial charge in [-0.25, -0.2) is 14.7 Å². The number of hydrogen-bond acceptors (Lipinski definition) is 5. The van der Waals surface area contributed by atoms with Crippen LogP contribution in [0.5, 0.6) is 0 Å². The summed E-state index contributed by atoms with van der Waals surface area (Å²) in [6.07, 6.45) is 2.71. The average molecular weight is 269 g/mol. The van der Waals surface area contributed by atoms with E-state index in [4.69, 9.17) is 5.11 Å². The Morgan fingerprint density at radius 1 is 1.10 bits per heavy atom. The smallest absolute Gasteiger partial charge is 0.354 e. The molecule has 3 rings (SSSR count). The molecule has 7 heteroatoms. The molecule has 0 atom stereocenters. The fourth-order valence-corrected chi connectivity index (χ4v) is 1.96. The van der Waals surface area contributed by atoms with Crippen molar-refractivity contribution >= 4 is 23.6 Å². The summed E-state index contributed by atoms with van der Waals surface area (Å²) in [6, 6.07) is 5.55. The number of anilines is 1. The molecule has 0 saturated carbocycles. The van der Waals surface area contributed by atoms with Crippen LogP contribution in [0.3, 0.4) is 0 Å². The van der Waals surface area contributed by atoms with Gasteiger partial charge in [0.2, 0.25) is 0 Å². The van der Waals surface area contributed by atoms with Crippen molar-refractivity contribution in [3.05, 3.63) is 53.5 Å². The maximum absolute atomic E-state index is 12.2. The number of fused-ring (bicyclic) bond motifs is 1. The molecule has 0 saturated heterocycles. The molecule has 0 unspecified atom stereocenters. The zero-order valence-electron chi connectivity index (χ0n) is 9.98. The predicted octanol–water partition coefficient (Wildman–Crippen LogP) is 0.975. The lowest BCUT2D eigenvalue weighted by Crippen LogP contribution is -2.30. The molecule has 1 N–H and O–H groups in total. The van der Waals surface area contributed by atoms with Gasteiger partial charge in [-0.15, -0.1) is 0 Å². The minimum Gasteiger partial charge on any atom is -0.477 e. The van der Waals surface area contributed by atoms with Gasteiger partial charge in [0.15, 0.2) is 5.69 Å². The third-order valence-corrected chi connectivity index (χ3v) is 2.87. The van der Waals surface area contributed by atoms with Gasteiger partial charge in [0.05, 0.1) is 11.1 Å². The van der Waals surface area contributed by atoms with Gasteiger partial charge >= 0.3 is 5.97 Å². The van der Waals surface area contributed by atoms with Crippen LogP contribution in [0.1, 0.15) is 31.2 Å². The normalized spacial score (nSPS) is 13.5. The summed E-state index contributed by atoms with van der Waals surface area (Å²) in [5.41, 5.74) is 0.171. The molecular formula is C13H7N3O4. The van der Waals surface area contributed by atoms with Gasteiger partial charge in [0, 0.05) is 12.4 Å². The second-order valence-corrected chi connectivity index (χ2v) is 4.05. The van der Waals surface area contributed by atoms with Crippen LogP contribution < -0.4 is 4.90 Å². The van der Waals surface area contributed by atoms with E-state index in [1.807, 2.05) is 0 Å². The van der Waals surface area contributed by atoms with E-state index in [0.717, 1.165) is 4.90 Å². The monoisotopic (exact) mass is 269 g/mol. The van der Waals surface area contributed by atoms with Crippen molar-refractivity contribution in [1.29, 1.82) is 0 Å². The van der Waals surface area contributed by atoms with E-state index in [9.17, 15) is 14.4 Å². The van der Waals surface area contributed by atoms with E-state index in [2.05, 4.69) is 9.97 Å². The van der Waals surface area contributed by atoms with Gasteiger partial charge in [0.25, 0.3) is 11.8 Å². The number of amides is 2. The van der Waals surface area contributed by atoms with Gasteiger partial charge in [-0.3, -0.25) is 14.6 Å². The summed E-state index contributed by atoms with van der Waals surface area (Å²) >= 11 is 0. The van der Waals surface area contributed by atoms with Crippen LogP contribution in [0.4, 0.5) is 5.82 Å². The summed E-state index contributed by atoms with van der Waals surface area (Å²) in [6.45, 7) is 0. The van der Waals surface area contributed by atoms with Crippen LogP contribution in [0.15, 0.2) is 36.7 Å². The highest BCUT2D eigenvalue weighted by Gasteiger charge is 2.37. The van der Waals surface area contributed by atoms with Gasteiger partial charge in [-0.05, 0) is 18.2 Å². The molecule has 20 heavy (non-hydrogen) atoms. The van der Waals surface area contributed by atoms with Crippen molar-refractivity contribution < 1.29 is 19.5 Å². The molecule has 2 amide bonds. The number of pyridine rings is 2. The SMILES string of the molecule is O=C(O)c1cccc(N2C(=O)c3ccncc3C2=O)n1. The fourth-order valence-electron chi connectivity index (χ4n) is 1.96.